The summed E-state index contributed by atoms with van der Waals surface area (Å²) < 4.78 is 21.4. The van der Waals surface area contributed by atoms with Gasteiger partial charge in [0.2, 0.25) is 0 Å². The number of fused-ring (bicyclic) bond motifs is 20. The van der Waals surface area contributed by atoms with Crippen molar-refractivity contribution >= 4 is 23.1 Å². The quantitative estimate of drug-likeness (QED) is 0.101. The first-order valence-corrected chi connectivity index (χ1v) is 50.5. The summed E-state index contributed by atoms with van der Waals surface area (Å²) in [5, 5.41) is 42.8. The molecule has 1 heterocycles. The molecular weight excluding hydrogens is 1520 g/mol. The van der Waals surface area contributed by atoms with Crippen molar-refractivity contribution in [1.29, 1.82) is 0 Å². The van der Waals surface area contributed by atoms with E-state index in [1.165, 1.54) is 146 Å². The molecule has 4 aromatic rings. The van der Waals surface area contributed by atoms with Gasteiger partial charge in [0.1, 0.15) is 28.9 Å². The summed E-state index contributed by atoms with van der Waals surface area (Å²) in [6, 6.07) is 25.1. The Kier molecular flexibility index (Phi) is 24.5. The highest BCUT2D eigenvalue weighted by Gasteiger charge is 2.68. The first-order chi connectivity index (χ1) is 58.2. The van der Waals surface area contributed by atoms with Crippen LogP contribution in [-0.2, 0) is 45.0 Å². The van der Waals surface area contributed by atoms with Crippen molar-refractivity contribution in [2.24, 2.45) is 162 Å². The number of carbonyl (C=O) groups is 4. The Morgan fingerprint density at radius 2 is 0.667 bits per heavy atom. The third-order valence-electron chi connectivity index (χ3n) is 42.6. The number of benzene rings is 3. The number of ether oxygens (including phenoxy) is 1. The number of hydrogen-bond acceptors (Lipinski definition) is 10. The van der Waals surface area contributed by atoms with E-state index < -0.39 is 22.4 Å². The first kappa shape index (κ1) is 90.1. The van der Waals surface area contributed by atoms with E-state index in [2.05, 4.69) is 79.4 Å². The maximum Gasteiger partial charge on any atom is 0.156 e. The van der Waals surface area contributed by atoms with Crippen molar-refractivity contribution in [3.05, 3.63) is 120 Å². The second kappa shape index (κ2) is 33.5. The first-order valence-electron chi connectivity index (χ1n) is 50.5. The van der Waals surface area contributed by atoms with Gasteiger partial charge < -0.3 is 29.7 Å². The molecule has 0 saturated heterocycles. The molecule has 16 aliphatic rings. The van der Waals surface area contributed by atoms with E-state index >= 15 is 0 Å². The summed E-state index contributed by atoms with van der Waals surface area (Å²) in [5.41, 5.74) is 4.11. The zero-order valence-electron chi connectivity index (χ0n) is 78.6. The van der Waals surface area contributed by atoms with Crippen LogP contribution in [0.1, 0.15) is 337 Å². The Labute approximate surface area is 740 Å². The van der Waals surface area contributed by atoms with Crippen molar-refractivity contribution < 1.29 is 48.7 Å². The van der Waals surface area contributed by atoms with Gasteiger partial charge in [-0.15, -0.1) is 0 Å². The minimum atomic E-state index is -0.488. The molecule has 20 rings (SSSR count). The lowest BCUT2D eigenvalue weighted by Gasteiger charge is -2.61. The fourth-order valence-corrected chi connectivity index (χ4v) is 35.6. The van der Waals surface area contributed by atoms with Crippen molar-refractivity contribution in [1.82, 2.24) is 9.55 Å². The van der Waals surface area contributed by atoms with Crippen LogP contribution in [0.4, 0.5) is 4.39 Å². The standard InChI is InChI=1S/C29H42O3.C28H39FO2.C28H40O2.C26H40N2O2/c1-27(31)15-16-28(2)20(18-27)7-10-22-23-11-12-25(29(23,3)14-13-24(22)28)26(30)17-19-5-8-21(32-4)9-6-19;1-26(31)14-15-27(2)19(17-26)8-9-20-21-10-11-23(28(21,3)13-12-22(20)27)25(30)16-18-6-4-5-7-24(18)29;1-26(30)15-16-27(2)20(18-26)9-10-21-22-11-12-24(28(22,3)14-13-23(21)27)25(29)17-19-7-5-4-6-8-19;1-17-14-28(16-27-17)15-23(29)22-8-7-20-19-6-5-18-13-24(2,30)11-12-25(18,3)21(19)9-10-26(20,22)4/h5-6,8-9,20,22-25,31H,7,10-18H2,1-4H3;4-7,19-23,31H,8-17H2,1-3H3;4-8,20-24,30H,9-18H2,1-3H3;14,16,18-22,30H,5-13,15H2,1-4H3/t20-,22+,23+,24+,25-,27-,28+,29+;19-,20-,21-,22-,23+,26+,27-,28-;20-,21+,22+,23+,24-,26-,27+,28+;18-,19+,20+,21+,22-,24-,25+,26+/m1011/s1. The van der Waals surface area contributed by atoms with Crippen molar-refractivity contribution in [3.8, 4) is 5.75 Å². The van der Waals surface area contributed by atoms with Gasteiger partial charge in [-0.1, -0.05) is 116 Å². The van der Waals surface area contributed by atoms with E-state index in [4.69, 9.17) is 4.74 Å². The highest BCUT2D eigenvalue weighted by molar-refractivity contribution is 5.86. The molecule has 676 valence electrons. The summed E-state index contributed by atoms with van der Waals surface area (Å²) in [5.74, 6) is 14.6. The van der Waals surface area contributed by atoms with Crippen LogP contribution in [0.3, 0.4) is 0 Å². The lowest BCUT2D eigenvalue weighted by Crippen LogP contribution is -2.55. The van der Waals surface area contributed by atoms with Crippen LogP contribution in [0.15, 0.2) is 91.4 Å². The second-order valence-electron chi connectivity index (χ2n) is 49.1. The number of Topliss-reactive ketones (excluding diaryl/α,β-unsaturated/α-hetero) is 4. The molecule has 1 aromatic heterocycles. The van der Waals surface area contributed by atoms with Gasteiger partial charge in [-0.2, -0.15) is 0 Å². The smallest absolute Gasteiger partial charge is 0.156 e. The van der Waals surface area contributed by atoms with E-state index in [9.17, 15) is 44.0 Å². The summed E-state index contributed by atoms with van der Waals surface area (Å²) >= 11 is 0. The molecule has 16 saturated carbocycles. The fraction of sp³-hybridized carbons (Fsp3) is 0.775. The molecular formula is C111H161FN2O9. The molecule has 3 aromatic carbocycles. The number of methoxy groups -OCH3 is 1. The van der Waals surface area contributed by atoms with Gasteiger partial charge in [-0.3, -0.25) is 19.2 Å². The molecule has 123 heavy (non-hydrogen) atoms. The zero-order valence-corrected chi connectivity index (χ0v) is 78.6. The fourth-order valence-electron chi connectivity index (χ4n) is 35.6. The number of halogens is 1. The molecule has 12 heteroatoms. The van der Waals surface area contributed by atoms with E-state index in [0.29, 0.717) is 111 Å². The number of nitrogens with zero attached hydrogens (tertiary/aromatic N) is 2. The topological polar surface area (TPSA) is 176 Å². The van der Waals surface area contributed by atoms with Crippen LogP contribution in [0.5, 0.6) is 5.75 Å². The molecule has 0 spiro atoms. The highest BCUT2D eigenvalue weighted by atomic mass is 19.1. The van der Waals surface area contributed by atoms with E-state index in [-0.39, 0.29) is 63.4 Å². The van der Waals surface area contributed by atoms with Crippen molar-refractivity contribution in [2.75, 3.05) is 7.11 Å². The highest BCUT2D eigenvalue weighted by Crippen LogP contribution is 2.74. The third-order valence-corrected chi connectivity index (χ3v) is 42.6. The Hall–Kier alpha value is -4.88. The predicted molar refractivity (Wildman–Crippen MR) is 487 cm³/mol. The maximum atomic E-state index is 14.2. The average molecular weight is 1690 g/mol. The minimum absolute atomic E-state index is 0.0763. The maximum absolute atomic E-state index is 14.2. The summed E-state index contributed by atoms with van der Waals surface area (Å²) in [6.45, 7) is 30.6. The molecule has 16 fully saturated rings. The minimum Gasteiger partial charge on any atom is -0.497 e. The Morgan fingerprint density at radius 1 is 0.358 bits per heavy atom. The Bertz CT molecular complexity index is 4470. The number of aromatic nitrogens is 2. The third kappa shape index (κ3) is 16.5. The largest absolute Gasteiger partial charge is 0.497 e. The zero-order chi connectivity index (χ0) is 87.2. The number of ketones is 4. The summed E-state index contributed by atoms with van der Waals surface area (Å²) in [4.78, 5) is 57.8. The molecule has 0 amide bonds. The van der Waals surface area contributed by atoms with Gasteiger partial charge in [0, 0.05) is 49.1 Å². The number of rotatable bonds is 13. The van der Waals surface area contributed by atoms with Gasteiger partial charge in [0.15, 0.2) is 5.78 Å². The number of aryl methyl sites for hydroxylation is 1. The van der Waals surface area contributed by atoms with E-state index in [1.54, 1.807) is 25.6 Å². The second-order valence-corrected chi connectivity index (χ2v) is 49.1. The normalized spacial score (nSPS) is 47.0. The molecule has 0 radical (unpaired) electrons. The molecule has 11 nitrogen and oxygen atoms in total. The summed E-state index contributed by atoms with van der Waals surface area (Å²) in [7, 11) is 1.68. The average Bonchev–Trinajstić information content (AvgIpc) is 1.66. The van der Waals surface area contributed by atoms with Gasteiger partial charge in [0.05, 0.1) is 48.1 Å². The van der Waals surface area contributed by atoms with Gasteiger partial charge in [-0.25, -0.2) is 9.37 Å². The SMILES string of the molecule is COc1ccc(CC(=O)[C@H]2CC[C@H]3[C@@H]4CC[C@@H]5C[C@](C)(O)CC[C@]5(C)[C@H]4CC[C@]23C)cc1.C[C@@]1(O)CC[C@@]2(C)[C@@H](CC[C@@H]3[C@@H]2CC[C@]2(C)[C@@H](C(=O)Cc4ccccc4F)CC[C@@H]32)C1.C[C@@]1(O)CC[C@@]2(C)[C@H](CC[C@@H]3[C@@H]2CC[C@]2(C)[C@@H](C(=O)Cc4ccccc4)CC[C@@H]32)C1.Cc1cn(CC(=O)[C@H]2CC[C@H]3[C@@H]4CC[C@@H]5C[C@](C)(O)CC[C@]5(C)[C@H]4CC[C@]23C)cn1. The van der Waals surface area contributed by atoms with Gasteiger partial charge >= 0.3 is 0 Å². The van der Waals surface area contributed by atoms with Crippen LogP contribution in [-0.4, -0.2) is 82.6 Å². The molecule has 0 unspecified atom stereocenters. The number of imidazole rings is 1. The Morgan fingerprint density at radius 3 is 0.992 bits per heavy atom. The lowest BCUT2D eigenvalue weighted by molar-refractivity contribution is -0.151. The predicted octanol–water partition coefficient (Wildman–Crippen LogP) is 23.9. The van der Waals surface area contributed by atoms with E-state index in [1.807, 2.05) is 87.0 Å². The molecule has 0 aliphatic heterocycles. The van der Waals surface area contributed by atoms with Crippen LogP contribution in [0, 0.1) is 174 Å². The van der Waals surface area contributed by atoms with Crippen molar-refractivity contribution in [2.45, 2.75) is 369 Å². The number of carbonyl (C=O) groups excluding carboxylic acids is 4. The number of aliphatic hydroxyl groups is 4. The van der Waals surface area contributed by atoms with Crippen LogP contribution >= 0.6 is 0 Å². The molecule has 16 aliphatic carbocycles. The van der Waals surface area contributed by atoms with Crippen LogP contribution in [0.2, 0.25) is 0 Å². The van der Waals surface area contributed by atoms with Gasteiger partial charge in [-0.05, 0) is 439 Å². The molecule has 4 N–H and O–H groups in total. The molecule has 32 atom stereocenters. The van der Waals surface area contributed by atoms with E-state index in [0.717, 1.165) is 161 Å². The monoisotopic (exact) mass is 1690 g/mol. The number of hydrogen-bond donors (Lipinski definition) is 4. The summed E-state index contributed by atoms with van der Waals surface area (Å²) in [6.07, 6.45) is 46.8. The van der Waals surface area contributed by atoms with Crippen LogP contribution in [0.25, 0.3) is 0 Å². The Balaban J connectivity index is 0.000000116. The lowest BCUT2D eigenvalue weighted by atomic mass is 9.44. The molecule has 0 bridgehead atoms. The van der Waals surface area contributed by atoms with Crippen LogP contribution < -0.4 is 4.74 Å². The van der Waals surface area contributed by atoms with Gasteiger partial charge in [0.25, 0.3) is 0 Å². The van der Waals surface area contributed by atoms with Crippen molar-refractivity contribution in [3.63, 3.8) is 0 Å².